The Morgan fingerprint density at radius 3 is 2.08 bits per heavy atom. The molecule has 0 unspecified atom stereocenters. The van der Waals surface area contributed by atoms with Crippen LogP contribution in [0.4, 0.5) is 0 Å². The zero-order chi connectivity index (χ0) is 18.5. The van der Waals surface area contributed by atoms with Crippen LogP contribution in [-0.4, -0.2) is 17.6 Å². The maximum Gasteiger partial charge on any atom is 0.339 e. The highest BCUT2D eigenvalue weighted by Crippen LogP contribution is 2.27. The maximum atomic E-state index is 12.4. The van der Waals surface area contributed by atoms with Gasteiger partial charge >= 0.3 is 5.97 Å². The van der Waals surface area contributed by atoms with Crippen LogP contribution in [-0.2, 0) is 17.7 Å². The van der Waals surface area contributed by atoms with Gasteiger partial charge in [0, 0.05) is 24.4 Å². The Morgan fingerprint density at radius 1 is 0.962 bits per heavy atom. The quantitative estimate of drug-likeness (QED) is 0.585. The molecule has 0 spiro atoms. The van der Waals surface area contributed by atoms with Crippen LogP contribution in [0.1, 0.15) is 52.6 Å². The van der Waals surface area contributed by atoms with E-state index in [1.807, 2.05) is 42.5 Å². The highest BCUT2D eigenvalue weighted by molar-refractivity contribution is 5.91. The van der Waals surface area contributed by atoms with Crippen molar-refractivity contribution in [2.75, 3.05) is 7.11 Å². The number of methoxy groups -OCH3 is 1. The second-order valence-electron chi connectivity index (χ2n) is 6.81. The molecule has 0 aliphatic carbocycles. The lowest BCUT2D eigenvalue weighted by atomic mass is 10.1. The van der Waals surface area contributed by atoms with E-state index in [-0.39, 0.29) is 11.9 Å². The molecule has 3 rings (SSSR count). The molecule has 0 saturated carbocycles. The highest BCUT2D eigenvalue weighted by Gasteiger charge is 2.23. The Balaban J connectivity index is 2.09. The van der Waals surface area contributed by atoms with Crippen LogP contribution in [0, 0.1) is 0 Å². The minimum atomic E-state index is -0.269. The first kappa shape index (κ1) is 18.0. The van der Waals surface area contributed by atoms with Gasteiger partial charge in [-0.3, -0.25) is 0 Å². The number of rotatable bonds is 6. The third kappa shape index (κ3) is 3.88. The van der Waals surface area contributed by atoms with Gasteiger partial charge in [-0.15, -0.1) is 0 Å². The van der Waals surface area contributed by atoms with Crippen LogP contribution < -0.4 is 0 Å². The first-order chi connectivity index (χ1) is 12.6. The summed E-state index contributed by atoms with van der Waals surface area (Å²) in [5, 5.41) is 0. The molecule has 0 radical (unpaired) electrons. The van der Waals surface area contributed by atoms with Gasteiger partial charge in [-0.2, -0.15) is 0 Å². The Hall–Kier alpha value is -2.81. The van der Waals surface area contributed by atoms with E-state index in [0.29, 0.717) is 5.56 Å². The van der Waals surface area contributed by atoms with Crippen LogP contribution in [0.5, 0.6) is 0 Å². The summed E-state index contributed by atoms with van der Waals surface area (Å²) < 4.78 is 7.32. The Labute approximate surface area is 155 Å². The average Bonchev–Trinajstić information content (AvgIpc) is 3.01. The summed E-state index contributed by atoms with van der Waals surface area (Å²) in [7, 11) is 1.44. The lowest BCUT2D eigenvalue weighted by Gasteiger charge is -2.17. The molecule has 0 atom stereocenters. The first-order valence-electron chi connectivity index (χ1n) is 8.98. The molecular weight excluding hydrogens is 322 g/mol. The number of aromatic nitrogens is 1. The summed E-state index contributed by atoms with van der Waals surface area (Å²) in [5.41, 5.74) is 5.28. The molecule has 2 aromatic carbocycles. The molecule has 134 valence electrons. The lowest BCUT2D eigenvalue weighted by molar-refractivity contribution is 0.0599. The summed E-state index contributed by atoms with van der Waals surface area (Å²) in [4.78, 5) is 12.4. The minimum absolute atomic E-state index is 0.220. The van der Waals surface area contributed by atoms with E-state index < -0.39 is 0 Å². The number of hydrogen-bond donors (Lipinski definition) is 0. The second-order valence-corrected chi connectivity index (χ2v) is 6.81. The highest BCUT2D eigenvalue weighted by atomic mass is 16.5. The molecule has 3 nitrogen and oxygen atoms in total. The topological polar surface area (TPSA) is 31.2 Å². The molecular formula is C23H25NO2. The van der Waals surface area contributed by atoms with Crippen molar-refractivity contribution in [1.82, 2.24) is 4.57 Å². The average molecular weight is 347 g/mol. The summed E-state index contributed by atoms with van der Waals surface area (Å²) in [6, 6.07) is 22.7. The molecule has 0 saturated heterocycles. The first-order valence-corrected chi connectivity index (χ1v) is 8.98. The molecule has 0 amide bonds. The van der Waals surface area contributed by atoms with E-state index in [2.05, 4.69) is 42.7 Å². The van der Waals surface area contributed by atoms with E-state index in [1.54, 1.807) is 0 Å². The van der Waals surface area contributed by atoms with Crippen molar-refractivity contribution < 1.29 is 9.53 Å². The predicted molar refractivity (Wildman–Crippen MR) is 105 cm³/mol. The summed E-state index contributed by atoms with van der Waals surface area (Å²) >= 11 is 0. The Bertz CT molecular complexity index is 864. The van der Waals surface area contributed by atoms with Gasteiger partial charge in [-0.1, -0.05) is 74.5 Å². The van der Waals surface area contributed by atoms with Crippen molar-refractivity contribution in [1.29, 1.82) is 0 Å². The van der Waals surface area contributed by atoms with E-state index in [0.717, 1.165) is 24.4 Å². The van der Waals surface area contributed by atoms with Crippen molar-refractivity contribution in [3.8, 4) is 0 Å². The molecule has 1 heterocycles. The fraction of sp³-hybridized carbons (Fsp3) is 0.261. The van der Waals surface area contributed by atoms with Gasteiger partial charge < -0.3 is 9.30 Å². The van der Waals surface area contributed by atoms with Gasteiger partial charge in [0.05, 0.1) is 12.7 Å². The lowest BCUT2D eigenvalue weighted by Crippen LogP contribution is -2.12. The normalized spacial score (nSPS) is 10.9. The third-order valence-corrected chi connectivity index (χ3v) is 4.59. The van der Waals surface area contributed by atoms with Gasteiger partial charge in [-0.25, -0.2) is 4.79 Å². The molecule has 1 aromatic heterocycles. The molecule has 26 heavy (non-hydrogen) atoms. The summed E-state index contributed by atoms with van der Waals surface area (Å²) in [6.07, 6.45) is 0.782. The van der Waals surface area contributed by atoms with Crippen LogP contribution in [0.15, 0.2) is 66.7 Å². The number of esters is 1. The fourth-order valence-electron chi connectivity index (χ4n) is 3.42. The van der Waals surface area contributed by atoms with Crippen LogP contribution in [0.25, 0.3) is 0 Å². The third-order valence-electron chi connectivity index (χ3n) is 4.59. The molecule has 0 aliphatic rings. The van der Waals surface area contributed by atoms with E-state index >= 15 is 0 Å². The van der Waals surface area contributed by atoms with E-state index in [4.69, 9.17) is 4.74 Å². The smallest absolute Gasteiger partial charge is 0.339 e. The SMILES string of the molecule is COC(=O)c1cc(Cc2ccccc2)n(Cc2ccccc2)c1C(C)C. The van der Waals surface area contributed by atoms with Crippen molar-refractivity contribution >= 4 is 5.97 Å². The predicted octanol–water partition coefficient (Wildman–Crippen LogP) is 5.04. The molecule has 0 fully saturated rings. The fourth-order valence-corrected chi connectivity index (χ4v) is 3.42. The van der Waals surface area contributed by atoms with Crippen LogP contribution in [0.2, 0.25) is 0 Å². The van der Waals surface area contributed by atoms with Gasteiger partial charge in [0.15, 0.2) is 0 Å². The zero-order valence-electron chi connectivity index (χ0n) is 15.6. The minimum Gasteiger partial charge on any atom is -0.465 e. The standard InChI is InChI=1S/C23H25NO2/c1-17(2)22-21(23(25)26-3)15-20(14-18-10-6-4-7-11-18)24(22)16-19-12-8-5-9-13-19/h4-13,15,17H,14,16H2,1-3H3. The molecule has 0 aliphatic heterocycles. The van der Waals surface area contributed by atoms with Crippen molar-refractivity contribution in [3.63, 3.8) is 0 Å². The Morgan fingerprint density at radius 2 is 1.54 bits per heavy atom. The molecule has 3 aromatic rings. The van der Waals surface area contributed by atoms with Crippen LogP contribution >= 0.6 is 0 Å². The van der Waals surface area contributed by atoms with Crippen molar-refractivity contribution in [2.24, 2.45) is 0 Å². The number of hydrogen-bond acceptors (Lipinski definition) is 2. The van der Waals surface area contributed by atoms with Gasteiger partial charge in [0.1, 0.15) is 0 Å². The van der Waals surface area contributed by atoms with Gasteiger partial charge in [0.25, 0.3) is 0 Å². The summed E-state index contributed by atoms with van der Waals surface area (Å²) in [5.74, 6) is -0.0489. The van der Waals surface area contributed by atoms with E-state index in [1.165, 1.54) is 18.2 Å². The largest absolute Gasteiger partial charge is 0.465 e. The van der Waals surface area contributed by atoms with Crippen molar-refractivity contribution in [2.45, 2.75) is 32.7 Å². The number of carbonyl (C=O) groups excluding carboxylic acids is 1. The second kappa shape index (κ2) is 8.05. The van der Waals surface area contributed by atoms with Gasteiger partial charge in [-0.05, 0) is 23.1 Å². The number of carbonyl (C=O) groups is 1. The van der Waals surface area contributed by atoms with Crippen LogP contribution in [0.3, 0.4) is 0 Å². The molecule has 3 heteroatoms. The zero-order valence-corrected chi connectivity index (χ0v) is 15.6. The van der Waals surface area contributed by atoms with Crippen molar-refractivity contribution in [3.05, 3.63) is 94.8 Å². The number of ether oxygens (including phenoxy) is 1. The number of benzene rings is 2. The molecule has 0 bridgehead atoms. The van der Waals surface area contributed by atoms with E-state index in [9.17, 15) is 4.79 Å². The summed E-state index contributed by atoms with van der Waals surface area (Å²) in [6.45, 7) is 4.98. The monoisotopic (exact) mass is 347 g/mol. The Kier molecular flexibility index (Phi) is 5.57. The van der Waals surface area contributed by atoms with Gasteiger partial charge in [0.2, 0.25) is 0 Å². The molecule has 0 N–H and O–H groups in total. The number of nitrogens with zero attached hydrogens (tertiary/aromatic N) is 1. The maximum absolute atomic E-state index is 12.4.